The van der Waals surface area contributed by atoms with Crippen LogP contribution in [0.25, 0.3) is 11.0 Å². The molecule has 0 radical (unpaired) electrons. The predicted octanol–water partition coefficient (Wildman–Crippen LogP) is 2.22. The number of aromatic amines is 2. The summed E-state index contributed by atoms with van der Waals surface area (Å²) in [5.74, 6) is 2.45. The Hall–Kier alpha value is -2.74. The monoisotopic (exact) mass is 398 g/mol. The van der Waals surface area contributed by atoms with Crippen molar-refractivity contribution in [1.29, 1.82) is 0 Å². The van der Waals surface area contributed by atoms with Crippen LogP contribution in [-0.4, -0.2) is 59.3 Å². The van der Waals surface area contributed by atoms with Gasteiger partial charge in [0.05, 0.1) is 42.7 Å². The fourth-order valence-electron chi connectivity index (χ4n) is 3.29. The molecule has 1 saturated heterocycles. The van der Waals surface area contributed by atoms with Crippen molar-refractivity contribution in [3.63, 3.8) is 0 Å². The van der Waals surface area contributed by atoms with E-state index in [1.54, 1.807) is 0 Å². The molecular formula is C20H24N5O2S+. The standard InChI is InChI=1S/C20H23N5O2S/c1-2-27-15-6-7-16-17(13-15)23-20(22-16)28-14-19(26)25-11-9-24(10-12-25)18-5-3-4-8-21-18/h3-8,13H,2,9-12,14H2,1H3,(H,22,23)/p+1. The Morgan fingerprint density at radius 2 is 2.11 bits per heavy atom. The van der Waals surface area contributed by atoms with Crippen molar-refractivity contribution in [1.82, 2.24) is 14.9 Å². The van der Waals surface area contributed by atoms with E-state index in [-0.39, 0.29) is 5.91 Å². The number of fused-ring (bicyclic) bond motifs is 1. The maximum absolute atomic E-state index is 12.6. The maximum Gasteiger partial charge on any atom is 0.274 e. The topological polar surface area (TPSA) is 75.6 Å². The Labute approximate surface area is 168 Å². The number of carbonyl (C=O) groups excluding carboxylic acids is 1. The molecule has 3 aromatic rings. The lowest BCUT2D eigenvalue weighted by Gasteiger charge is -2.30. The molecule has 0 aliphatic carbocycles. The highest BCUT2D eigenvalue weighted by molar-refractivity contribution is 7.99. The van der Waals surface area contributed by atoms with Crippen molar-refractivity contribution in [3.05, 3.63) is 42.6 Å². The van der Waals surface area contributed by atoms with E-state index >= 15 is 0 Å². The van der Waals surface area contributed by atoms with Crippen molar-refractivity contribution < 1.29 is 14.5 Å². The molecule has 1 aromatic carbocycles. The highest BCUT2D eigenvalue weighted by Gasteiger charge is 2.26. The van der Waals surface area contributed by atoms with E-state index in [9.17, 15) is 4.79 Å². The van der Waals surface area contributed by atoms with Crippen molar-refractivity contribution in [2.24, 2.45) is 0 Å². The third kappa shape index (κ3) is 4.22. The summed E-state index contributed by atoms with van der Waals surface area (Å²) in [4.78, 5) is 27.9. The fraction of sp³-hybridized carbons (Fsp3) is 0.350. The average Bonchev–Trinajstić information content (AvgIpc) is 3.15. The first kappa shape index (κ1) is 18.6. The number of piperazine rings is 1. The van der Waals surface area contributed by atoms with E-state index in [4.69, 9.17) is 4.74 Å². The number of hydrogen-bond donors (Lipinski definition) is 1. The number of benzene rings is 1. The number of amides is 1. The maximum atomic E-state index is 12.6. The van der Waals surface area contributed by atoms with Gasteiger partial charge in [-0.2, -0.15) is 0 Å². The molecule has 28 heavy (non-hydrogen) atoms. The minimum absolute atomic E-state index is 0.150. The molecule has 0 spiro atoms. The van der Waals surface area contributed by atoms with Gasteiger partial charge in [0.1, 0.15) is 18.8 Å². The van der Waals surface area contributed by atoms with Crippen molar-refractivity contribution >= 4 is 34.5 Å². The quantitative estimate of drug-likeness (QED) is 0.645. The number of imidazole rings is 1. The summed E-state index contributed by atoms with van der Waals surface area (Å²) in [6, 6.07) is 11.8. The molecule has 7 nitrogen and oxygen atoms in total. The molecule has 1 aliphatic heterocycles. The number of pyridine rings is 1. The van der Waals surface area contributed by atoms with Crippen LogP contribution in [0.2, 0.25) is 0 Å². The average molecular weight is 399 g/mol. The van der Waals surface area contributed by atoms with Gasteiger partial charge in [-0.25, -0.2) is 9.97 Å². The third-order valence-corrected chi connectivity index (χ3v) is 5.60. The summed E-state index contributed by atoms with van der Waals surface area (Å²) in [6.07, 6.45) is 1.92. The third-order valence-electron chi connectivity index (χ3n) is 4.74. The zero-order valence-corrected chi connectivity index (χ0v) is 16.7. The summed E-state index contributed by atoms with van der Waals surface area (Å²) < 4.78 is 5.52. The van der Waals surface area contributed by atoms with Gasteiger partial charge in [-0.3, -0.25) is 9.69 Å². The zero-order valence-electron chi connectivity index (χ0n) is 15.9. The van der Waals surface area contributed by atoms with Gasteiger partial charge in [0, 0.05) is 12.1 Å². The molecule has 0 atom stereocenters. The molecule has 146 valence electrons. The normalized spacial score (nSPS) is 14.5. The second-order valence-corrected chi connectivity index (χ2v) is 7.52. The largest absolute Gasteiger partial charge is 0.494 e. The van der Waals surface area contributed by atoms with Gasteiger partial charge in [-0.15, -0.1) is 0 Å². The SMILES string of the molecule is CCOc1ccc2nc(SCC(=O)N3CCN(c4cccc[nH+]4)CC3)[nH]c2c1. The van der Waals surface area contributed by atoms with Gasteiger partial charge < -0.3 is 14.6 Å². The van der Waals surface area contributed by atoms with Crippen LogP contribution in [-0.2, 0) is 4.79 Å². The number of nitrogens with one attached hydrogen (secondary N) is 2. The minimum atomic E-state index is 0.150. The van der Waals surface area contributed by atoms with E-state index in [1.165, 1.54) is 11.8 Å². The van der Waals surface area contributed by atoms with Crippen LogP contribution in [0.4, 0.5) is 5.82 Å². The second-order valence-electron chi connectivity index (χ2n) is 6.56. The van der Waals surface area contributed by atoms with E-state index in [2.05, 4.69) is 25.9 Å². The molecular weight excluding hydrogens is 374 g/mol. The van der Waals surface area contributed by atoms with Gasteiger partial charge in [0.2, 0.25) is 5.91 Å². The summed E-state index contributed by atoms with van der Waals surface area (Å²) in [5.41, 5.74) is 1.81. The molecule has 1 amide bonds. The van der Waals surface area contributed by atoms with Crippen LogP contribution in [0.1, 0.15) is 6.92 Å². The highest BCUT2D eigenvalue weighted by Crippen LogP contribution is 2.23. The van der Waals surface area contributed by atoms with Crippen LogP contribution < -0.4 is 14.6 Å². The number of nitrogens with zero attached hydrogens (tertiary/aromatic N) is 3. The molecule has 2 N–H and O–H groups in total. The number of H-pyrrole nitrogens is 2. The number of rotatable bonds is 6. The summed E-state index contributed by atoms with van der Waals surface area (Å²) >= 11 is 1.45. The first-order valence-electron chi connectivity index (χ1n) is 9.48. The van der Waals surface area contributed by atoms with E-state index in [0.29, 0.717) is 12.4 Å². The molecule has 0 saturated carbocycles. The lowest BCUT2D eigenvalue weighted by molar-refractivity contribution is -0.364. The highest BCUT2D eigenvalue weighted by atomic mass is 32.2. The molecule has 3 heterocycles. The number of anilines is 1. The van der Waals surface area contributed by atoms with Crippen molar-refractivity contribution in [2.75, 3.05) is 43.4 Å². The predicted molar refractivity (Wildman–Crippen MR) is 110 cm³/mol. The summed E-state index contributed by atoms with van der Waals surface area (Å²) in [7, 11) is 0. The Balaban J connectivity index is 1.30. The second kappa shape index (κ2) is 8.52. The van der Waals surface area contributed by atoms with Crippen molar-refractivity contribution in [2.45, 2.75) is 12.1 Å². The van der Waals surface area contributed by atoms with Crippen LogP contribution in [0, 0.1) is 0 Å². The van der Waals surface area contributed by atoms with Gasteiger partial charge in [-0.05, 0) is 25.1 Å². The Bertz CT molecular complexity index is 938. The molecule has 0 unspecified atom stereocenters. The Kier molecular flexibility index (Phi) is 5.66. The Morgan fingerprint density at radius 3 is 2.86 bits per heavy atom. The fourth-order valence-corrected chi connectivity index (χ4v) is 4.08. The van der Waals surface area contributed by atoms with E-state index in [1.807, 2.05) is 48.4 Å². The lowest BCUT2D eigenvalue weighted by Crippen LogP contribution is -2.50. The molecule has 1 aliphatic rings. The van der Waals surface area contributed by atoms with E-state index in [0.717, 1.165) is 53.9 Å². The van der Waals surface area contributed by atoms with Gasteiger partial charge in [0.15, 0.2) is 5.16 Å². The van der Waals surface area contributed by atoms with Gasteiger partial charge in [0.25, 0.3) is 5.82 Å². The first-order chi connectivity index (χ1) is 13.7. The number of ether oxygens (including phenoxy) is 1. The van der Waals surface area contributed by atoms with Gasteiger partial charge in [-0.1, -0.05) is 17.8 Å². The minimum Gasteiger partial charge on any atom is -0.494 e. The molecule has 4 rings (SSSR count). The summed E-state index contributed by atoms with van der Waals surface area (Å²) in [5, 5.41) is 0.759. The number of aromatic nitrogens is 3. The van der Waals surface area contributed by atoms with Gasteiger partial charge >= 0.3 is 0 Å². The van der Waals surface area contributed by atoms with E-state index < -0.39 is 0 Å². The number of hydrogen-bond acceptors (Lipinski definition) is 5. The van der Waals surface area contributed by atoms with Crippen LogP contribution in [0.15, 0.2) is 47.8 Å². The molecule has 0 bridgehead atoms. The van der Waals surface area contributed by atoms with Crippen molar-refractivity contribution in [3.8, 4) is 5.75 Å². The lowest BCUT2D eigenvalue weighted by atomic mass is 10.3. The Morgan fingerprint density at radius 1 is 1.25 bits per heavy atom. The molecule has 1 fully saturated rings. The first-order valence-corrected chi connectivity index (χ1v) is 10.5. The summed E-state index contributed by atoms with van der Waals surface area (Å²) in [6.45, 7) is 5.73. The number of carbonyl (C=O) groups is 1. The number of thioether (sulfide) groups is 1. The molecule has 8 heteroatoms. The smallest absolute Gasteiger partial charge is 0.274 e. The van der Waals surface area contributed by atoms with Crippen LogP contribution in [0.3, 0.4) is 0 Å². The van der Waals surface area contributed by atoms with Crippen LogP contribution >= 0.6 is 11.8 Å². The van der Waals surface area contributed by atoms with Crippen LogP contribution in [0.5, 0.6) is 5.75 Å². The zero-order chi connectivity index (χ0) is 19.3. The molecule has 2 aromatic heterocycles.